The number of fused-ring (bicyclic) bond motifs is 5. The molecule has 1 aromatic carbocycles. The Morgan fingerprint density at radius 3 is 2.46 bits per heavy atom. The molecule has 0 N–H and O–H groups in total. The van der Waals surface area contributed by atoms with Crippen LogP contribution in [-0.4, -0.2) is 16.8 Å². The van der Waals surface area contributed by atoms with Crippen molar-refractivity contribution in [2.75, 3.05) is 4.43 Å². The summed E-state index contributed by atoms with van der Waals surface area (Å²) in [5.74, 6) is 4.98. The summed E-state index contributed by atoms with van der Waals surface area (Å²) in [6, 6.07) is 8.62. The first-order valence-electron chi connectivity index (χ1n) is 10.2. The summed E-state index contributed by atoms with van der Waals surface area (Å²) in [5, 5.41) is 0. The highest BCUT2D eigenvalue weighted by molar-refractivity contribution is 14.1. The normalized spacial score (nSPS) is 34.9. The van der Waals surface area contributed by atoms with Crippen LogP contribution in [0.25, 0.3) is 0 Å². The Balaban J connectivity index is 1.39. The molecule has 144 valence electrons. The molecule has 3 fully saturated rings. The number of rotatable bonds is 7. The van der Waals surface area contributed by atoms with Crippen LogP contribution in [0.2, 0.25) is 0 Å². The van der Waals surface area contributed by atoms with Crippen LogP contribution in [0.4, 0.5) is 0 Å². The van der Waals surface area contributed by atoms with Gasteiger partial charge in [0.2, 0.25) is 6.29 Å². The van der Waals surface area contributed by atoms with Gasteiger partial charge in [0.25, 0.3) is 0 Å². The van der Waals surface area contributed by atoms with Crippen molar-refractivity contribution in [3.05, 3.63) is 29.8 Å². The Labute approximate surface area is 185 Å². The van der Waals surface area contributed by atoms with Gasteiger partial charge in [0.1, 0.15) is 5.75 Å². The fourth-order valence-corrected chi connectivity index (χ4v) is 6.56. The maximum Gasteiger partial charge on any atom is 0.202 e. The van der Waals surface area contributed by atoms with Crippen molar-refractivity contribution in [2.45, 2.75) is 62.3 Å². The molecule has 0 heterocycles. The highest BCUT2D eigenvalue weighted by atomic mass is 127. The third-order valence-electron chi connectivity index (χ3n) is 6.85. The average Bonchev–Trinajstić information content (AvgIpc) is 3.34. The van der Waals surface area contributed by atoms with Crippen molar-refractivity contribution in [1.82, 2.24) is 0 Å². The summed E-state index contributed by atoms with van der Waals surface area (Å²) < 4.78 is 14.6. The lowest BCUT2D eigenvalue weighted by atomic mass is 9.80. The van der Waals surface area contributed by atoms with Crippen molar-refractivity contribution in [2.24, 2.45) is 29.6 Å². The summed E-state index contributed by atoms with van der Waals surface area (Å²) >= 11 is 4.94. The number of ether oxygens (including phenoxy) is 2. The van der Waals surface area contributed by atoms with E-state index < -0.39 is 0 Å². The van der Waals surface area contributed by atoms with Crippen molar-refractivity contribution in [3.63, 3.8) is 0 Å². The van der Waals surface area contributed by atoms with Gasteiger partial charge in [-0.25, -0.2) is 0 Å². The third-order valence-corrected chi connectivity index (χ3v) is 10.6. The van der Waals surface area contributed by atoms with Gasteiger partial charge in [0.05, 0.1) is 6.10 Å². The number of hydrogen-bond donors (Lipinski definition) is 0. The molecular weight excluding hydrogens is 550 g/mol. The molecule has 0 spiro atoms. The van der Waals surface area contributed by atoms with E-state index in [4.69, 9.17) is 9.47 Å². The Morgan fingerprint density at radius 2 is 1.77 bits per heavy atom. The van der Waals surface area contributed by atoms with Crippen LogP contribution in [0.1, 0.15) is 55.4 Å². The van der Waals surface area contributed by atoms with Gasteiger partial charge in [-0.3, -0.25) is 0 Å². The van der Waals surface area contributed by atoms with Crippen molar-refractivity contribution < 1.29 is 9.47 Å². The average molecular weight is 580 g/mol. The Morgan fingerprint density at radius 1 is 1.04 bits per heavy atom. The Kier molecular flexibility index (Phi) is 6.41. The van der Waals surface area contributed by atoms with Gasteiger partial charge in [-0.05, 0) is 67.1 Å². The molecule has 2 nitrogen and oxygen atoms in total. The first-order valence-corrected chi connectivity index (χ1v) is 13.0. The topological polar surface area (TPSA) is 18.5 Å². The van der Waals surface area contributed by atoms with Gasteiger partial charge in [-0.2, -0.15) is 0 Å². The summed E-state index contributed by atoms with van der Waals surface area (Å²) in [4.78, 5) is 0. The molecule has 0 radical (unpaired) electrons. The van der Waals surface area contributed by atoms with Gasteiger partial charge in [-0.1, -0.05) is 77.6 Å². The maximum atomic E-state index is 6.59. The van der Waals surface area contributed by atoms with Gasteiger partial charge < -0.3 is 9.47 Å². The van der Waals surface area contributed by atoms with E-state index in [1.807, 2.05) is 0 Å². The Hall–Kier alpha value is 0.440. The van der Waals surface area contributed by atoms with Gasteiger partial charge in [-0.15, -0.1) is 0 Å². The molecule has 3 aliphatic carbocycles. The number of halogens is 2. The lowest BCUT2D eigenvalue weighted by Crippen LogP contribution is -2.37. The van der Waals surface area contributed by atoms with E-state index in [0.717, 1.165) is 33.8 Å². The van der Waals surface area contributed by atoms with Crippen LogP contribution in [0.3, 0.4) is 0 Å². The van der Waals surface area contributed by atoms with Crippen LogP contribution >= 0.6 is 45.2 Å². The fourth-order valence-electron chi connectivity index (χ4n) is 5.63. The highest BCUT2D eigenvalue weighted by Crippen LogP contribution is 2.59. The molecule has 3 saturated carbocycles. The van der Waals surface area contributed by atoms with E-state index in [2.05, 4.69) is 83.3 Å². The van der Waals surface area contributed by atoms with E-state index in [-0.39, 0.29) is 6.29 Å². The van der Waals surface area contributed by atoms with E-state index >= 15 is 0 Å². The zero-order chi connectivity index (χ0) is 18.3. The summed E-state index contributed by atoms with van der Waals surface area (Å²) in [5.41, 5.74) is 1.37. The predicted octanol–water partition coefficient (Wildman–Crippen LogP) is 6.80. The van der Waals surface area contributed by atoms with Crippen molar-refractivity contribution >= 4 is 45.2 Å². The second-order valence-corrected chi connectivity index (χ2v) is 11.1. The quantitative estimate of drug-likeness (QED) is 0.201. The van der Waals surface area contributed by atoms with Crippen LogP contribution < -0.4 is 4.74 Å². The summed E-state index contributed by atoms with van der Waals surface area (Å²) in [6.07, 6.45) is 7.32. The molecule has 0 amide bonds. The van der Waals surface area contributed by atoms with Crippen LogP contribution in [0.15, 0.2) is 24.3 Å². The molecule has 0 saturated heterocycles. The first kappa shape index (κ1) is 19.7. The highest BCUT2D eigenvalue weighted by Gasteiger charge is 2.54. The second kappa shape index (κ2) is 8.44. The van der Waals surface area contributed by atoms with Crippen molar-refractivity contribution in [3.8, 4) is 5.75 Å². The molecule has 7 unspecified atom stereocenters. The second-order valence-electron chi connectivity index (χ2n) is 8.75. The molecular formula is C22H30I2O2. The smallest absolute Gasteiger partial charge is 0.202 e. The molecule has 4 rings (SSSR count). The lowest BCUT2D eigenvalue weighted by Gasteiger charge is -2.35. The zero-order valence-corrected chi connectivity index (χ0v) is 20.1. The van der Waals surface area contributed by atoms with Gasteiger partial charge >= 0.3 is 0 Å². The minimum Gasteiger partial charge on any atom is -0.465 e. The predicted molar refractivity (Wildman–Crippen MR) is 123 cm³/mol. The van der Waals surface area contributed by atoms with Crippen LogP contribution in [-0.2, 0) is 4.74 Å². The molecule has 3 aliphatic rings. The van der Waals surface area contributed by atoms with Gasteiger partial charge in [0.15, 0.2) is 0 Å². The number of hydrogen-bond acceptors (Lipinski definition) is 2. The number of benzene rings is 1. The summed E-state index contributed by atoms with van der Waals surface area (Å²) in [7, 11) is 0. The summed E-state index contributed by atoms with van der Waals surface area (Å²) in [6.45, 7) is 4.42. The van der Waals surface area contributed by atoms with Crippen LogP contribution in [0, 0.1) is 29.6 Å². The van der Waals surface area contributed by atoms with E-state index in [1.54, 1.807) is 0 Å². The van der Waals surface area contributed by atoms with E-state index in [0.29, 0.717) is 15.9 Å². The molecule has 2 bridgehead atoms. The lowest BCUT2D eigenvalue weighted by molar-refractivity contribution is -0.162. The van der Waals surface area contributed by atoms with Crippen molar-refractivity contribution in [1.29, 1.82) is 0 Å². The minimum absolute atomic E-state index is 0.134. The van der Waals surface area contributed by atoms with E-state index in [9.17, 15) is 0 Å². The first-order chi connectivity index (χ1) is 12.6. The molecule has 4 heteroatoms. The van der Waals surface area contributed by atoms with Crippen LogP contribution in [0.5, 0.6) is 5.75 Å². The largest absolute Gasteiger partial charge is 0.465 e. The SMILES string of the molecule is CC(C)C(Oc1ccc(C(I)CI)cc1)OC1CC2CC1C1CCCC21. The Bertz CT molecular complexity index is 603. The number of alkyl halides is 2. The molecule has 1 aromatic rings. The minimum atomic E-state index is -0.134. The standard InChI is InChI=1S/C22H30I2O2/c1-13(2)22(25-16-8-6-14(7-9-16)20(24)12-23)26-21-11-15-10-19(21)18-5-3-4-17(15)18/h6-9,13,15,17-22H,3-5,10-12H2,1-2H3. The fraction of sp³-hybridized carbons (Fsp3) is 0.727. The molecule has 26 heavy (non-hydrogen) atoms. The monoisotopic (exact) mass is 580 g/mol. The third kappa shape index (κ3) is 3.93. The van der Waals surface area contributed by atoms with Gasteiger partial charge in [0, 0.05) is 14.3 Å². The van der Waals surface area contributed by atoms with E-state index in [1.165, 1.54) is 37.7 Å². The maximum absolute atomic E-state index is 6.59. The zero-order valence-electron chi connectivity index (χ0n) is 15.7. The molecule has 0 aromatic heterocycles. The molecule has 7 atom stereocenters. The molecule has 0 aliphatic heterocycles.